The average Bonchev–Trinajstić information content (AvgIpc) is 2.09. The third-order valence-corrected chi connectivity index (χ3v) is 1.80. The lowest BCUT2D eigenvalue weighted by Gasteiger charge is -2.25. The van der Waals surface area contributed by atoms with Crippen LogP contribution >= 0.6 is 0 Å². The van der Waals surface area contributed by atoms with E-state index in [0.717, 1.165) is 6.54 Å². The summed E-state index contributed by atoms with van der Waals surface area (Å²) in [5.74, 6) is 0.136. The van der Waals surface area contributed by atoms with Gasteiger partial charge in [-0.3, -0.25) is 4.79 Å². The normalized spacial score (nSPS) is 10.2. The minimum Gasteiger partial charge on any atom is -0.335 e. The Morgan fingerprint density at radius 3 is 2.62 bits per heavy atom. The first-order chi connectivity index (χ1) is 6.13. The zero-order valence-corrected chi connectivity index (χ0v) is 8.84. The summed E-state index contributed by atoms with van der Waals surface area (Å²) in [6.07, 6.45) is 1.75. The van der Waals surface area contributed by atoms with Crippen LogP contribution in [0.25, 0.3) is 0 Å². The molecule has 13 heavy (non-hydrogen) atoms. The van der Waals surface area contributed by atoms with E-state index < -0.39 is 0 Å². The van der Waals surface area contributed by atoms with Gasteiger partial charge in [0.1, 0.15) is 0 Å². The first-order valence-corrected chi connectivity index (χ1v) is 4.74. The third kappa shape index (κ3) is 4.68. The van der Waals surface area contributed by atoms with Crippen LogP contribution in [0.15, 0.2) is 12.7 Å². The molecule has 0 spiro atoms. The van der Waals surface area contributed by atoms with Crippen LogP contribution in [0.1, 0.15) is 20.8 Å². The van der Waals surface area contributed by atoms with Crippen molar-refractivity contribution in [2.75, 3.05) is 19.6 Å². The molecule has 0 aliphatic carbocycles. The fraction of sp³-hybridized carbons (Fsp3) is 0.700. The molecule has 0 radical (unpaired) electrons. The van der Waals surface area contributed by atoms with Gasteiger partial charge in [0.2, 0.25) is 5.91 Å². The summed E-state index contributed by atoms with van der Waals surface area (Å²) in [5, 5.41) is 3.02. The summed E-state index contributed by atoms with van der Waals surface area (Å²) in [4.78, 5) is 13.4. The number of hydrogen-bond donors (Lipinski definition) is 1. The van der Waals surface area contributed by atoms with Crippen molar-refractivity contribution >= 4 is 5.91 Å². The second-order valence-corrected chi connectivity index (χ2v) is 3.21. The van der Waals surface area contributed by atoms with E-state index in [1.807, 2.05) is 20.8 Å². The van der Waals surface area contributed by atoms with Crippen LogP contribution in [0.5, 0.6) is 0 Å². The molecule has 1 amide bonds. The summed E-state index contributed by atoms with van der Waals surface area (Å²) in [6.45, 7) is 11.5. The van der Waals surface area contributed by atoms with Crippen LogP contribution in [0, 0.1) is 0 Å². The number of likely N-dealkylation sites (N-methyl/N-ethyl adjacent to an activating group) is 1. The van der Waals surface area contributed by atoms with Crippen LogP contribution in [-0.4, -0.2) is 36.5 Å². The number of nitrogens with zero attached hydrogens (tertiary/aromatic N) is 1. The van der Waals surface area contributed by atoms with Crippen molar-refractivity contribution in [3.05, 3.63) is 12.7 Å². The number of hydrogen-bond acceptors (Lipinski definition) is 2. The van der Waals surface area contributed by atoms with Gasteiger partial charge in [-0.15, -0.1) is 6.58 Å². The van der Waals surface area contributed by atoms with E-state index in [1.54, 1.807) is 11.0 Å². The summed E-state index contributed by atoms with van der Waals surface area (Å²) in [5.41, 5.74) is 0. The number of amides is 1. The molecular formula is C10H20N2O. The first-order valence-electron chi connectivity index (χ1n) is 4.74. The Balaban J connectivity index is 4.03. The van der Waals surface area contributed by atoms with Gasteiger partial charge in [0.05, 0.1) is 6.54 Å². The van der Waals surface area contributed by atoms with E-state index in [-0.39, 0.29) is 11.9 Å². The fourth-order valence-corrected chi connectivity index (χ4v) is 1.07. The standard InChI is InChI=1S/C10H20N2O/c1-5-7-12(9(3)4)10(13)8-11-6-2/h5,9,11H,1,6-8H2,2-4H3. The van der Waals surface area contributed by atoms with E-state index in [2.05, 4.69) is 11.9 Å². The monoisotopic (exact) mass is 184 g/mol. The Hall–Kier alpha value is -0.830. The maximum absolute atomic E-state index is 11.5. The molecule has 0 saturated heterocycles. The van der Waals surface area contributed by atoms with Crippen molar-refractivity contribution in [3.63, 3.8) is 0 Å². The van der Waals surface area contributed by atoms with Crippen molar-refractivity contribution < 1.29 is 4.79 Å². The van der Waals surface area contributed by atoms with Gasteiger partial charge in [0.25, 0.3) is 0 Å². The zero-order chi connectivity index (χ0) is 10.3. The lowest BCUT2D eigenvalue weighted by molar-refractivity contribution is -0.131. The highest BCUT2D eigenvalue weighted by molar-refractivity contribution is 5.78. The Labute approximate surface area is 80.8 Å². The molecule has 0 rings (SSSR count). The van der Waals surface area contributed by atoms with E-state index in [0.29, 0.717) is 13.1 Å². The molecule has 0 atom stereocenters. The van der Waals surface area contributed by atoms with E-state index in [1.165, 1.54) is 0 Å². The molecule has 0 aromatic heterocycles. The van der Waals surface area contributed by atoms with Crippen LogP contribution < -0.4 is 5.32 Å². The molecule has 0 unspecified atom stereocenters. The Morgan fingerprint density at radius 1 is 1.62 bits per heavy atom. The Kier molecular flexibility index (Phi) is 6.24. The van der Waals surface area contributed by atoms with Gasteiger partial charge in [-0.2, -0.15) is 0 Å². The van der Waals surface area contributed by atoms with Gasteiger partial charge < -0.3 is 10.2 Å². The Bertz CT molecular complexity index is 166. The maximum atomic E-state index is 11.5. The maximum Gasteiger partial charge on any atom is 0.237 e. The van der Waals surface area contributed by atoms with Crippen LogP contribution in [0.3, 0.4) is 0 Å². The first kappa shape index (κ1) is 12.2. The van der Waals surface area contributed by atoms with Crippen LogP contribution in [0.4, 0.5) is 0 Å². The number of nitrogens with one attached hydrogen (secondary N) is 1. The van der Waals surface area contributed by atoms with Crippen LogP contribution in [-0.2, 0) is 4.79 Å². The molecule has 1 N–H and O–H groups in total. The molecular weight excluding hydrogens is 164 g/mol. The molecule has 0 aliphatic rings. The summed E-state index contributed by atoms with van der Waals surface area (Å²) in [7, 11) is 0. The molecule has 0 heterocycles. The number of carbonyl (C=O) groups excluding carboxylic acids is 1. The van der Waals surface area contributed by atoms with Gasteiger partial charge in [0, 0.05) is 12.6 Å². The molecule has 0 bridgehead atoms. The van der Waals surface area contributed by atoms with Gasteiger partial charge >= 0.3 is 0 Å². The smallest absolute Gasteiger partial charge is 0.237 e. The van der Waals surface area contributed by atoms with Crippen LogP contribution in [0.2, 0.25) is 0 Å². The largest absolute Gasteiger partial charge is 0.335 e. The van der Waals surface area contributed by atoms with Crippen molar-refractivity contribution in [1.29, 1.82) is 0 Å². The predicted molar refractivity (Wildman–Crippen MR) is 55.6 cm³/mol. The summed E-state index contributed by atoms with van der Waals surface area (Å²) in [6, 6.07) is 0.240. The SMILES string of the molecule is C=CCN(C(=O)CNCC)C(C)C. The Morgan fingerprint density at radius 2 is 2.23 bits per heavy atom. The quantitative estimate of drug-likeness (QED) is 0.625. The van der Waals surface area contributed by atoms with Gasteiger partial charge in [-0.05, 0) is 20.4 Å². The molecule has 0 aromatic rings. The van der Waals surface area contributed by atoms with Crippen molar-refractivity contribution in [3.8, 4) is 0 Å². The molecule has 0 aromatic carbocycles. The van der Waals surface area contributed by atoms with E-state index >= 15 is 0 Å². The topological polar surface area (TPSA) is 32.3 Å². The third-order valence-electron chi connectivity index (χ3n) is 1.80. The lowest BCUT2D eigenvalue weighted by Crippen LogP contribution is -2.42. The van der Waals surface area contributed by atoms with Crippen molar-refractivity contribution in [2.45, 2.75) is 26.8 Å². The molecule has 3 heteroatoms. The fourth-order valence-electron chi connectivity index (χ4n) is 1.07. The molecule has 0 aliphatic heterocycles. The second kappa shape index (κ2) is 6.66. The van der Waals surface area contributed by atoms with Gasteiger partial charge in [-0.1, -0.05) is 13.0 Å². The zero-order valence-electron chi connectivity index (χ0n) is 8.84. The minimum atomic E-state index is 0.136. The van der Waals surface area contributed by atoms with Gasteiger partial charge in [-0.25, -0.2) is 0 Å². The highest BCUT2D eigenvalue weighted by Crippen LogP contribution is 1.98. The van der Waals surface area contributed by atoms with Gasteiger partial charge in [0.15, 0.2) is 0 Å². The molecule has 0 saturated carbocycles. The molecule has 76 valence electrons. The average molecular weight is 184 g/mol. The molecule has 0 fully saturated rings. The van der Waals surface area contributed by atoms with Crippen molar-refractivity contribution in [1.82, 2.24) is 10.2 Å². The summed E-state index contributed by atoms with van der Waals surface area (Å²) >= 11 is 0. The lowest BCUT2D eigenvalue weighted by atomic mass is 10.3. The summed E-state index contributed by atoms with van der Waals surface area (Å²) < 4.78 is 0. The highest BCUT2D eigenvalue weighted by Gasteiger charge is 2.13. The number of carbonyl (C=O) groups is 1. The van der Waals surface area contributed by atoms with Crippen molar-refractivity contribution in [2.24, 2.45) is 0 Å². The minimum absolute atomic E-state index is 0.136. The molecule has 3 nitrogen and oxygen atoms in total. The van der Waals surface area contributed by atoms with E-state index in [4.69, 9.17) is 0 Å². The second-order valence-electron chi connectivity index (χ2n) is 3.21. The van der Waals surface area contributed by atoms with E-state index in [9.17, 15) is 4.79 Å². The highest BCUT2D eigenvalue weighted by atomic mass is 16.2. The number of rotatable bonds is 6. The predicted octanol–water partition coefficient (Wildman–Crippen LogP) is 1.02.